The SMILES string of the molecule is Cc1cccc(C)c1CS(=O)(=O)N1Cc2nnc(C)n2CC1C(=O)O. The van der Waals surface area contributed by atoms with Gasteiger partial charge in [0.15, 0.2) is 0 Å². The fraction of sp³-hybridized carbons (Fsp3) is 0.438. The highest BCUT2D eigenvalue weighted by atomic mass is 32.2. The number of hydrogen-bond donors (Lipinski definition) is 1. The van der Waals surface area contributed by atoms with Crippen molar-refractivity contribution in [2.24, 2.45) is 0 Å². The Hall–Kier alpha value is -2.26. The number of rotatable bonds is 4. The van der Waals surface area contributed by atoms with Gasteiger partial charge >= 0.3 is 5.97 Å². The molecule has 1 aliphatic rings. The Labute approximate surface area is 146 Å². The van der Waals surface area contributed by atoms with E-state index in [1.54, 1.807) is 11.5 Å². The second-order valence-corrected chi connectivity index (χ2v) is 8.22. The van der Waals surface area contributed by atoms with E-state index >= 15 is 0 Å². The quantitative estimate of drug-likeness (QED) is 0.868. The molecule has 0 saturated heterocycles. The minimum Gasteiger partial charge on any atom is -0.480 e. The van der Waals surface area contributed by atoms with Crippen LogP contribution in [0.2, 0.25) is 0 Å². The zero-order chi connectivity index (χ0) is 18.4. The smallest absolute Gasteiger partial charge is 0.323 e. The van der Waals surface area contributed by atoms with Crippen molar-refractivity contribution in [2.75, 3.05) is 0 Å². The third kappa shape index (κ3) is 3.16. The second kappa shape index (κ2) is 6.23. The molecule has 0 amide bonds. The molecular weight excluding hydrogens is 344 g/mol. The summed E-state index contributed by atoms with van der Waals surface area (Å²) >= 11 is 0. The van der Waals surface area contributed by atoms with Crippen LogP contribution in [-0.4, -0.2) is 44.6 Å². The highest BCUT2D eigenvalue weighted by molar-refractivity contribution is 7.88. The average molecular weight is 364 g/mol. The number of sulfonamides is 1. The van der Waals surface area contributed by atoms with E-state index < -0.39 is 22.0 Å². The van der Waals surface area contributed by atoms with Crippen molar-refractivity contribution >= 4 is 16.0 Å². The van der Waals surface area contributed by atoms with Crippen LogP contribution in [-0.2, 0) is 33.7 Å². The molecule has 0 bridgehead atoms. The molecule has 134 valence electrons. The summed E-state index contributed by atoms with van der Waals surface area (Å²) in [7, 11) is -3.84. The van der Waals surface area contributed by atoms with Crippen molar-refractivity contribution in [3.05, 3.63) is 46.5 Å². The van der Waals surface area contributed by atoms with Gasteiger partial charge in [0.2, 0.25) is 10.0 Å². The number of aliphatic carboxylic acids is 1. The molecule has 0 saturated carbocycles. The summed E-state index contributed by atoms with van der Waals surface area (Å²) in [6.45, 7) is 5.34. The lowest BCUT2D eigenvalue weighted by molar-refractivity contribution is -0.142. The lowest BCUT2D eigenvalue weighted by Crippen LogP contribution is -2.51. The highest BCUT2D eigenvalue weighted by Gasteiger charge is 2.40. The van der Waals surface area contributed by atoms with Gasteiger partial charge in [0.05, 0.1) is 18.8 Å². The van der Waals surface area contributed by atoms with E-state index in [4.69, 9.17) is 0 Å². The van der Waals surface area contributed by atoms with E-state index in [1.807, 2.05) is 32.0 Å². The maximum atomic E-state index is 13.0. The number of nitrogens with zero attached hydrogens (tertiary/aromatic N) is 4. The van der Waals surface area contributed by atoms with Crippen molar-refractivity contribution in [3.8, 4) is 0 Å². The summed E-state index contributed by atoms with van der Waals surface area (Å²) in [5, 5.41) is 17.4. The molecule has 1 atom stereocenters. The number of aromatic nitrogens is 3. The van der Waals surface area contributed by atoms with Gasteiger partial charge in [-0.3, -0.25) is 4.79 Å². The Morgan fingerprint density at radius 1 is 1.24 bits per heavy atom. The van der Waals surface area contributed by atoms with Gasteiger partial charge in [-0.15, -0.1) is 10.2 Å². The second-order valence-electron chi connectivity index (χ2n) is 6.30. The molecule has 0 aliphatic carbocycles. The zero-order valence-electron chi connectivity index (χ0n) is 14.3. The molecule has 9 heteroatoms. The van der Waals surface area contributed by atoms with Crippen molar-refractivity contribution in [1.29, 1.82) is 0 Å². The van der Waals surface area contributed by atoms with Gasteiger partial charge < -0.3 is 9.67 Å². The van der Waals surface area contributed by atoms with Crippen molar-refractivity contribution < 1.29 is 18.3 Å². The molecule has 2 aromatic rings. The predicted molar refractivity (Wildman–Crippen MR) is 90.3 cm³/mol. The van der Waals surface area contributed by atoms with Crippen LogP contribution in [0.15, 0.2) is 18.2 Å². The number of aryl methyl sites for hydroxylation is 3. The maximum Gasteiger partial charge on any atom is 0.323 e. The van der Waals surface area contributed by atoms with Gasteiger partial charge in [-0.1, -0.05) is 18.2 Å². The van der Waals surface area contributed by atoms with E-state index in [2.05, 4.69) is 10.2 Å². The van der Waals surface area contributed by atoms with E-state index in [9.17, 15) is 18.3 Å². The molecule has 2 heterocycles. The van der Waals surface area contributed by atoms with Crippen LogP contribution in [0.1, 0.15) is 28.3 Å². The van der Waals surface area contributed by atoms with E-state index in [0.29, 0.717) is 17.2 Å². The molecule has 1 aromatic heterocycles. The molecule has 25 heavy (non-hydrogen) atoms. The lowest BCUT2D eigenvalue weighted by atomic mass is 10.1. The minimum absolute atomic E-state index is 0.00941. The average Bonchev–Trinajstić information content (AvgIpc) is 2.91. The Morgan fingerprint density at radius 3 is 2.48 bits per heavy atom. The standard InChI is InChI=1S/C16H20N4O4S/c1-10-5-4-6-11(2)13(10)9-25(23,24)20-8-15-18-17-12(3)19(15)7-14(20)16(21)22/h4-6,14H,7-9H2,1-3H3,(H,21,22). The summed E-state index contributed by atoms with van der Waals surface area (Å²) in [5.41, 5.74) is 2.44. The number of carbonyl (C=O) groups is 1. The number of benzene rings is 1. The Kier molecular flexibility index (Phi) is 4.38. The normalized spacial score (nSPS) is 18.1. The minimum atomic E-state index is -3.84. The first kappa shape index (κ1) is 17.6. The lowest BCUT2D eigenvalue weighted by Gasteiger charge is -2.32. The first-order valence-corrected chi connectivity index (χ1v) is 9.47. The molecule has 3 rings (SSSR count). The first-order valence-electron chi connectivity index (χ1n) is 7.87. The van der Waals surface area contributed by atoms with Crippen LogP contribution in [0.3, 0.4) is 0 Å². The number of fused-ring (bicyclic) bond motifs is 1. The molecule has 8 nitrogen and oxygen atoms in total. The summed E-state index contributed by atoms with van der Waals surface area (Å²) in [4.78, 5) is 11.7. The molecule has 1 aromatic carbocycles. The van der Waals surface area contributed by atoms with Crippen LogP contribution in [0.4, 0.5) is 0 Å². The molecule has 0 fully saturated rings. The van der Waals surface area contributed by atoms with Gasteiger partial charge in [0, 0.05) is 0 Å². The Bertz CT molecular complexity index is 915. The fourth-order valence-corrected chi connectivity index (χ4v) is 4.97. The van der Waals surface area contributed by atoms with Crippen LogP contribution in [0, 0.1) is 20.8 Å². The third-order valence-electron chi connectivity index (χ3n) is 4.63. The first-order chi connectivity index (χ1) is 11.7. The van der Waals surface area contributed by atoms with Crippen LogP contribution in [0.25, 0.3) is 0 Å². The number of carboxylic acids is 1. The number of carboxylic acid groups (broad SMARTS) is 1. The summed E-state index contributed by atoms with van der Waals surface area (Å²) in [5.74, 6) is -0.375. The van der Waals surface area contributed by atoms with Crippen LogP contribution < -0.4 is 0 Å². The van der Waals surface area contributed by atoms with Gasteiger partial charge in [-0.25, -0.2) is 8.42 Å². The summed E-state index contributed by atoms with van der Waals surface area (Å²) < 4.78 is 28.7. The molecule has 1 unspecified atom stereocenters. The molecular formula is C16H20N4O4S. The van der Waals surface area contributed by atoms with Gasteiger partial charge in [-0.2, -0.15) is 4.31 Å². The molecule has 1 N–H and O–H groups in total. The van der Waals surface area contributed by atoms with E-state index in [-0.39, 0.29) is 18.8 Å². The Morgan fingerprint density at radius 2 is 1.88 bits per heavy atom. The summed E-state index contributed by atoms with van der Waals surface area (Å²) in [6, 6.07) is 4.40. The van der Waals surface area contributed by atoms with E-state index in [1.165, 1.54) is 0 Å². The molecule has 0 radical (unpaired) electrons. The molecule has 1 aliphatic heterocycles. The largest absolute Gasteiger partial charge is 0.480 e. The van der Waals surface area contributed by atoms with Gasteiger partial charge in [0.25, 0.3) is 0 Å². The van der Waals surface area contributed by atoms with Crippen molar-refractivity contribution in [3.63, 3.8) is 0 Å². The topological polar surface area (TPSA) is 105 Å². The van der Waals surface area contributed by atoms with Gasteiger partial charge in [0.1, 0.15) is 17.7 Å². The predicted octanol–water partition coefficient (Wildman–Crippen LogP) is 1.00. The summed E-state index contributed by atoms with van der Waals surface area (Å²) in [6.07, 6.45) is 0. The van der Waals surface area contributed by atoms with Crippen LogP contribution in [0.5, 0.6) is 0 Å². The highest BCUT2D eigenvalue weighted by Crippen LogP contribution is 2.25. The van der Waals surface area contributed by atoms with E-state index in [0.717, 1.165) is 15.4 Å². The van der Waals surface area contributed by atoms with Crippen molar-refractivity contribution in [1.82, 2.24) is 19.1 Å². The third-order valence-corrected chi connectivity index (χ3v) is 6.38. The van der Waals surface area contributed by atoms with Crippen molar-refractivity contribution in [2.45, 2.75) is 45.7 Å². The zero-order valence-corrected chi connectivity index (χ0v) is 15.1. The number of hydrogen-bond acceptors (Lipinski definition) is 5. The monoisotopic (exact) mass is 364 g/mol. The maximum absolute atomic E-state index is 13.0. The molecule has 0 spiro atoms. The van der Waals surface area contributed by atoms with Crippen LogP contribution >= 0.6 is 0 Å². The Balaban J connectivity index is 1.99. The fourth-order valence-electron chi connectivity index (χ4n) is 3.13. The van der Waals surface area contributed by atoms with Gasteiger partial charge in [-0.05, 0) is 37.5 Å².